The van der Waals surface area contributed by atoms with Crippen molar-refractivity contribution < 1.29 is 14.3 Å². The lowest BCUT2D eigenvalue weighted by Gasteiger charge is -2.09. The highest BCUT2D eigenvalue weighted by Crippen LogP contribution is 2.04. The van der Waals surface area contributed by atoms with Crippen molar-refractivity contribution in [1.29, 1.82) is 0 Å². The second-order valence-electron chi connectivity index (χ2n) is 2.81. The topological polar surface area (TPSA) is 55.4 Å². The van der Waals surface area contributed by atoms with Crippen LogP contribution >= 0.6 is 0 Å². The summed E-state index contributed by atoms with van der Waals surface area (Å²) in [6, 6.07) is 0. The minimum atomic E-state index is -0.268. The van der Waals surface area contributed by atoms with E-state index < -0.39 is 0 Å². The van der Waals surface area contributed by atoms with Crippen LogP contribution in [0.3, 0.4) is 0 Å². The third-order valence-electron chi connectivity index (χ3n) is 1.78. The quantitative estimate of drug-likeness (QED) is 0.473. The summed E-state index contributed by atoms with van der Waals surface area (Å²) in [5.41, 5.74) is 0. The average molecular weight is 171 g/mol. The summed E-state index contributed by atoms with van der Waals surface area (Å²) in [5, 5.41) is 3.09. The molecule has 0 aromatic heterocycles. The first kappa shape index (κ1) is 9.19. The molecule has 0 radical (unpaired) electrons. The van der Waals surface area contributed by atoms with Gasteiger partial charge >= 0.3 is 5.97 Å². The number of rotatable bonds is 4. The van der Waals surface area contributed by atoms with Crippen LogP contribution in [-0.4, -0.2) is 31.4 Å². The molecule has 0 bridgehead atoms. The summed E-state index contributed by atoms with van der Waals surface area (Å²) < 4.78 is 5.05. The van der Waals surface area contributed by atoms with Gasteiger partial charge < -0.3 is 14.8 Å². The zero-order valence-electron chi connectivity index (χ0n) is 6.91. The Balaban J connectivity index is 2.11. The van der Waals surface area contributed by atoms with E-state index >= 15 is 0 Å². The highest BCUT2D eigenvalue weighted by molar-refractivity contribution is 5.72. The number of aldehydes is 1. The largest absolute Gasteiger partial charge is 0.461 e. The molecule has 1 aliphatic heterocycles. The molecule has 1 unspecified atom stereocenters. The molecule has 0 amide bonds. The van der Waals surface area contributed by atoms with Crippen molar-refractivity contribution in [1.82, 2.24) is 5.32 Å². The number of esters is 1. The molecule has 0 aromatic rings. The van der Waals surface area contributed by atoms with Crippen LogP contribution in [0.5, 0.6) is 0 Å². The summed E-state index contributed by atoms with van der Waals surface area (Å²) in [5.74, 6) is -0.268. The molecule has 1 rings (SSSR count). The molecule has 0 saturated carbocycles. The van der Waals surface area contributed by atoms with Crippen molar-refractivity contribution in [3.63, 3.8) is 0 Å². The molecule has 1 aliphatic rings. The number of carbonyl (C=O) groups is 2. The molecule has 1 heterocycles. The van der Waals surface area contributed by atoms with Gasteiger partial charge in [-0.3, -0.25) is 4.79 Å². The maximum atomic E-state index is 10.9. The van der Waals surface area contributed by atoms with E-state index in [4.69, 9.17) is 4.74 Å². The third-order valence-corrected chi connectivity index (χ3v) is 1.78. The van der Waals surface area contributed by atoms with Crippen LogP contribution in [-0.2, 0) is 14.3 Å². The van der Waals surface area contributed by atoms with E-state index in [2.05, 4.69) is 5.32 Å². The van der Waals surface area contributed by atoms with Gasteiger partial charge in [0.1, 0.15) is 12.4 Å². The van der Waals surface area contributed by atoms with E-state index in [1.807, 2.05) is 0 Å². The van der Waals surface area contributed by atoms with Gasteiger partial charge in [-0.15, -0.1) is 0 Å². The molecule has 0 aromatic carbocycles. The summed E-state index contributed by atoms with van der Waals surface area (Å²) in [4.78, 5) is 20.9. The Hall–Kier alpha value is -0.900. The summed E-state index contributed by atoms with van der Waals surface area (Å²) >= 11 is 0. The molecule has 1 N–H and O–H groups in total. The van der Waals surface area contributed by atoms with Gasteiger partial charge in [0.2, 0.25) is 0 Å². The van der Waals surface area contributed by atoms with Gasteiger partial charge in [-0.1, -0.05) is 0 Å². The SMILES string of the molecule is O=CCCC(=O)OC1CCNC1. The summed E-state index contributed by atoms with van der Waals surface area (Å²) in [6.07, 6.45) is 2.10. The van der Waals surface area contributed by atoms with Crippen LogP contribution in [0.1, 0.15) is 19.3 Å². The fourth-order valence-electron chi connectivity index (χ4n) is 1.15. The van der Waals surface area contributed by atoms with Gasteiger partial charge in [-0.25, -0.2) is 0 Å². The first-order valence-electron chi connectivity index (χ1n) is 4.17. The standard InChI is InChI=1S/C8H13NO3/c10-5-1-2-8(11)12-7-3-4-9-6-7/h5,7,9H,1-4,6H2. The molecule has 12 heavy (non-hydrogen) atoms. The Morgan fingerprint density at radius 2 is 2.50 bits per heavy atom. The molecule has 0 spiro atoms. The number of carbonyl (C=O) groups excluding carboxylic acids is 2. The Morgan fingerprint density at radius 3 is 3.08 bits per heavy atom. The third kappa shape index (κ3) is 3.00. The maximum absolute atomic E-state index is 10.9. The Morgan fingerprint density at radius 1 is 1.67 bits per heavy atom. The van der Waals surface area contributed by atoms with Gasteiger partial charge in [0.15, 0.2) is 0 Å². The minimum absolute atomic E-state index is 0.0177. The number of ether oxygens (including phenoxy) is 1. The summed E-state index contributed by atoms with van der Waals surface area (Å²) in [6.45, 7) is 1.65. The Labute approximate surface area is 71.3 Å². The first-order valence-corrected chi connectivity index (χ1v) is 4.17. The van der Waals surface area contributed by atoms with Crippen LogP contribution < -0.4 is 5.32 Å². The van der Waals surface area contributed by atoms with E-state index in [1.54, 1.807) is 0 Å². The van der Waals surface area contributed by atoms with Crippen molar-refractivity contribution in [3.05, 3.63) is 0 Å². The molecule has 1 atom stereocenters. The van der Waals surface area contributed by atoms with Gasteiger partial charge in [0, 0.05) is 13.0 Å². The van der Waals surface area contributed by atoms with Crippen LogP contribution in [0.15, 0.2) is 0 Å². The van der Waals surface area contributed by atoms with Crippen LogP contribution in [0.4, 0.5) is 0 Å². The van der Waals surface area contributed by atoms with Crippen LogP contribution in [0.2, 0.25) is 0 Å². The van der Waals surface area contributed by atoms with Gasteiger partial charge in [-0.2, -0.15) is 0 Å². The lowest BCUT2D eigenvalue weighted by Crippen LogP contribution is -2.20. The monoisotopic (exact) mass is 171 g/mol. The molecular weight excluding hydrogens is 158 g/mol. The second-order valence-corrected chi connectivity index (χ2v) is 2.81. The lowest BCUT2D eigenvalue weighted by atomic mass is 10.3. The molecule has 1 saturated heterocycles. The predicted octanol–water partition coefficient (Wildman–Crippen LogP) is -0.129. The average Bonchev–Trinajstić information content (AvgIpc) is 2.53. The fourth-order valence-corrected chi connectivity index (χ4v) is 1.15. The van der Waals surface area contributed by atoms with E-state index in [-0.39, 0.29) is 24.9 Å². The van der Waals surface area contributed by atoms with E-state index in [1.165, 1.54) is 0 Å². The number of hydrogen-bond acceptors (Lipinski definition) is 4. The van der Waals surface area contributed by atoms with Crippen molar-refractivity contribution in [2.75, 3.05) is 13.1 Å². The van der Waals surface area contributed by atoms with Crippen LogP contribution in [0.25, 0.3) is 0 Å². The Bertz CT molecular complexity index is 164. The molecule has 1 fully saturated rings. The molecule has 0 aliphatic carbocycles. The molecule has 4 heteroatoms. The van der Waals surface area contributed by atoms with Crippen molar-refractivity contribution in [2.45, 2.75) is 25.4 Å². The van der Waals surface area contributed by atoms with Crippen molar-refractivity contribution in [2.24, 2.45) is 0 Å². The number of hydrogen-bond donors (Lipinski definition) is 1. The predicted molar refractivity (Wildman–Crippen MR) is 42.7 cm³/mol. The van der Waals surface area contributed by atoms with E-state index in [0.29, 0.717) is 0 Å². The first-order chi connectivity index (χ1) is 5.83. The van der Waals surface area contributed by atoms with Crippen LogP contribution in [0, 0.1) is 0 Å². The summed E-state index contributed by atoms with van der Waals surface area (Å²) in [7, 11) is 0. The highest BCUT2D eigenvalue weighted by atomic mass is 16.5. The van der Waals surface area contributed by atoms with E-state index in [0.717, 1.165) is 25.8 Å². The van der Waals surface area contributed by atoms with E-state index in [9.17, 15) is 9.59 Å². The van der Waals surface area contributed by atoms with Crippen molar-refractivity contribution in [3.8, 4) is 0 Å². The zero-order chi connectivity index (χ0) is 8.81. The maximum Gasteiger partial charge on any atom is 0.306 e. The van der Waals surface area contributed by atoms with Gasteiger partial charge in [0.05, 0.1) is 6.42 Å². The Kier molecular flexibility index (Phi) is 3.73. The van der Waals surface area contributed by atoms with Gasteiger partial charge in [0.25, 0.3) is 0 Å². The van der Waals surface area contributed by atoms with Gasteiger partial charge in [-0.05, 0) is 13.0 Å². The second kappa shape index (κ2) is 4.87. The smallest absolute Gasteiger partial charge is 0.306 e. The molecule has 68 valence electrons. The lowest BCUT2D eigenvalue weighted by molar-refractivity contribution is -0.148. The fraction of sp³-hybridized carbons (Fsp3) is 0.750. The number of nitrogens with one attached hydrogen (secondary N) is 1. The van der Waals surface area contributed by atoms with Crippen molar-refractivity contribution >= 4 is 12.3 Å². The highest BCUT2D eigenvalue weighted by Gasteiger charge is 2.17. The molecular formula is C8H13NO3. The zero-order valence-corrected chi connectivity index (χ0v) is 6.91. The molecule has 4 nitrogen and oxygen atoms in total. The normalized spacial score (nSPS) is 22.2. The minimum Gasteiger partial charge on any atom is -0.461 e.